The Morgan fingerprint density at radius 3 is 2.17 bits per heavy atom. The summed E-state index contributed by atoms with van der Waals surface area (Å²) in [6.07, 6.45) is 1.16. The van der Waals surface area contributed by atoms with Crippen LogP contribution in [0.2, 0.25) is 0 Å². The molecule has 0 aliphatic carbocycles. The van der Waals surface area contributed by atoms with E-state index in [9.17, 15) is 0 Å². The molecule has 0 aliphatic rings. The van der Waals surface area contributed by atoms with E-state index in [0.29, 0.717) is 6.04 Å². The molecule has 0 radical (unpaired) electrons. The molecule has 1 unspecified atom stereocenters. The SMILES string of the molecule is CCC(C)[N-]C. The molecule has 0 aromatic heterocycles. The summed E-state index contributed by atoms with van der Waals surface area (Å²) in [5, 5.41) is 4.01. The van der Waals surface area contributed by atoms with E-state index >= 15 is 0 Å². The summed E-state index contributed by atoms with van der Waals surface area (Å²) < 4.78 is 0. The molecule has 0 saturated carbocycles. The van der Waals surface area contributed by atoms with Crippen LogP contribution in [-0.4, -0.2) is 13.1 Å². The third-order valence-corrected chi connectivity index (χ3v) is 1.03. The number of rotatable bonds is 2. The highest BCUT2D eigenvalue weighted by Gasteiger charge is 1.74. The molecular weight excluding hydrogens is 74.1 g/mol. The molecule has 0 fully saturated rings. The lowest BCUT2D eigenvalue weighted by atomic mass is 10.3. The lowest BCUT2D eigenvalue weighted by molar-refractivity contribution is 0.786. The standard InChI is InChI=1S/C5H12N/c1-4-5(2)6-3/h5H,4H2,1-3H3/q-1. The highest BCUT2D eigenvalue weighted by atomic mass is 14.8. The van der Waals surface area contributed by atoms with Crippen molar-refractivity contribution in [3.8, 4) is 0 Å². The smallest absolute Gasteiger partial charge is 0.0668 e. The van der Waals surface area contributed by atoms with E-state index in [-0.39, 0.29) is 0 Å². The molecule has 1 nitrogen and oxygen atoms in total. The van der Waals surface area contributed by atoms with Gasteiger partial charge in [0.15, 0.2) is 0 Å². The topological polar surface area (TPSA) is 14.1 Å². The molecule has 0 aromatic carbocycles. The van der Waals surface area contributed by atoms with Crippen LogP contribution in [0.4, 0.5) is 0 Å². The van der Waals surface area contributed by atoms with Gasteiger partial charge in [-0.2, -0.15) is 7.05 Å². The van der Waals surface area contributed by atoms with Crippen molar-refractivity contribution in [2.45, 2.75) is 26.3 Å². The average molecular weight is 86.2 g/mol. The number of nitrogens with zero attached hydrogens (tertiary/aromatic N) is 1. The highest BCUT2D eigenvalue weighted by Crippen LogP contribution is 1.96. The van der Waals surface area contributed by atoms with Gasteiger partial charge in [-0.15, -0.1) is 6.04 Å². The Morgan fingerprint density at radius 1 is 1.67 bits per heavy atom. The number of hydrogen-bond acceptors (Lipinski definition) is 0. The van der Waals surface area contributed by atoms with Crippen molar-refractivity contribution < 1.29 is 0 Å². The van der Waals surface area contributed by atoms with Crippen molar-refractivity contribution in [1.29, 1.82) is 0 Å². The third-order valence-electron chi connectivity index (χ3n) is 1.03. The summed E-state index contributed by atoms with van der Waals surface area (Å²) in [5.74, 6) is 0. The van der Waals surface area contributed by atoms with Gasteiger partial charge in [-0.25, -0.2) is 0 Å². The molecule has 0 amide bonds. The average Bonchev–Trinajstić information content (AvgIpc) is 1.65. The van der Waals surface area contributed by atoms with Crippen molar-refractivity contribution in [3.63, 3.8) is 0 Å². The maximum atomic E-state index is 4.01. The van der Waals surface area contributed by atoms with Gasteiger partial charge in [0.2, 0.25) is 0 Å². The summed E-state index contributed by atoms with van der Waals surface area (Å²) in [4.78, 5) is 0. The largest absolute Gasteiger partial charge is 0.662 e. The summed E-state index contributed by atoms with van der Waals surface area (Å²) >= 11 is 0. The van der Waals surface area contributed by atoms with E-state index in [1.165, 1.54) is 0 Å². The molecule has 0 saturated heterocycles. The first-order valence-electron chi connectivity index (χ1n) is 2.40. The van der Waals surface area contributed by atoms with Gasteiger partial charge in [0, 0.05) is 0 Å². The Labute approximate surface area is 39.7 Å². The Hall–Kier alpha value is -0.0400. The van der Waals surface area contributed by atoms with Gasteiger partial charge >= 0.3 is 0 Å². The van der Waals surface area contributed by atoms with Crippen LogP contribution in [0, 0.1) is 0 Å². The van der Waals surface area contributed by atoms with Crippen molar-refractivity contribution in [3.05, 3.63) is 5.32 Å². The van der Waals surface area contributed by atoms with Gasteiger partial charge in [-0.3, -0.25) is 0 Å². The molecule has 0 heterocycles. The molecular formula is C5H12N-. The molecule has 1 atom stereocenters. The summed E-state index contributed by atoms with van der Waals surface area (Å²) in [7, 11) is 1.86. The quantitative estimate of drug-likeness (QED) is 0.486. The van der Waals surface area contributed by atoms with Crippen LogP contribution in [0.1, 0.15) is 20.3 Å². The maximum Gasteiger partial charge on any atom is -0.0668 e. The monoisotopic (exact) mass is 86.1 g/mol. The molecule has 6 heavy (non-hydrogen) atoms. The molecule has 1 heteroatoms. The van der Waals surface area contributed by atoms with Crippen molar-refractivity contribution in [2.75, 3.05) is 7.05 Å². The lowest BCUT2D eigenvalue weighted by Crippen LogP contribution is -1.93. The van der Waals surface area contributed by atoms with E-state index in [2.05, 4.69) is 19.2 Å². The van der Waals surface area contributed by atoms with E-state index in [1.54, 1.807) is 0 Å². The van der Waals surface area contributed by atoms with Crippen LogP contribution in [0.3, 0.4) is 0 Å². The zero-order valence-electron chi connectivity index (χ0n) is 4.73. The first-order valence-corrected chi connectivity index (χ1v) is 2.40. The Morgan fingerprint density at radius 2 is 2.17 bits per heavy atom. The lowest BCUT2D eigenvalue weighted by Gasteiger charge is -2.19. The van der Waals surface area contributed by atoms with E-state index in [1.807, 2.05) is 7.05 Å². The van der Waals surface area contributed by atoms with Gasteiger partial charge in [0.25, 0.3) is 0 Å². The second kappa shape index (κ2) is 3.16. The first-order chi connectivity index (χ1) is 2.81. The zero-order valence-corrected chi connectivity index (χ0v) is 4.73. The predicted octanol–water partition coefficient (Wildman–Crippen LogP) is 1.79. The summed E-state index contributed by atoms with van der Waals surface area (Å²) in [5.41, 5.74) is 0. The van der Waals surface area contributed by atoms with Crippen LogP contribution in [0.5, 0.6) is 0 Å². The molecule has 0 aromatic rings. The van der Waals surface area contributed by atoms with Gasteiger partial charge in [0.1, 0.15) is 0 Å². The molecule has 0 aliphatic heterocycles. The van der Waals surface area contributed by atoms with Gasteiger partial charge in [-0.05, 0) is 0 Å². The Balaban J connectivity index is 2.75. The summed E-state index contributed by atoms with van der Waals surface area (Å²) in [6, 6.07) is 0.560. The Kier molecular flexibility index (Phi) is 3.14. The predicted molar refractivity (Wildman–Crippen MR) is 29.0 cm³/mol. The van der Waals surface area contributed by atoms with Gasteiger partial charge in [0.05, 0.1) is 0 Å². The van der Waals surface area contributed by atoms with Crippen LogP contribution in [0.25, 0.3) is 5.32 Å². The molecule has 0 spiro atoms. The van der Waals surface area contributed by atoms with Crippen LogP contribution in [0.15, 0.2) is 0 Å². The van der Waals surface area contributed by atoms with Crippen molar-refractivity contribution in [2.24, 2.45) is 0 Å². The van der Waals surface area contributed by atoms with E-state index < -0.39 is 0 Å². The molecule has 0 N–H and O–H groups in total. The second-order valence-electron chi connectivity index (χ2n) is 1.52. The fourth-order valence-corrected chi connectivity index (χ4v) is 0.183. The normalized spacial score (nSPS) is 14.5. The van der Waals surface area contributed by atoms with Gasteiger partial charge in [-0.1, -0.05) is 20.3 Å². The van der Waals surface area contributed by atoms with Gasteiger partial charge < -0.3 is 5.32 Å². The van der Waals surface area contributed by atoms with E-state index in [0.717, 1.165) is 6.42 Å². The third kappa shape index (κ3) is 2.21. The first kappa shape index (κ1) is 5.96. The highest BCUT2D eigenvalue weighted by molar-refractivity contribution is 4.79. The van der Waals surface area contributed by atoms with Crippen molar-refractivity contribution in [1.82, 2.24) is 0 Å². The molecule has 0 bridgehead atoms. The zero-order chi connectivity index (χ0) is 4.99. The van der Waals surface area contributed by atoms with Crippen molar-refractivity contribution >= 4 is 0 Å². The molecule has 0 rings (SSSR count). The summed E-state index contributed by atoms with van der Waals surface area (Å²) in [6.45, 7) is 4.25. The van der Waals surface area contributed by atoms with E-state index in [4.69, 9.17) is 0 Å². The minimum atomic E-state index is 0.560. The van der Waals surface area contributed by atoms with Crippen LogP contribution < -0.4 is 0 Å². The second-order valence-corrected chi connectivity index (χ2v) is 1.52. The van der Waals surface area contributed by atoms with Crippen LogP contribution >= 0.6 is 0 Å². The Bertz CT molecular complexity index is 23.1. The van der Waals surface area contributed by atoms with Crippen LogP contribution in [-0.2, 0) is 0 Å². The number of hydrogen-bond donors (Lipinski definition) is 0. The maximum absolute atomic E-state index is 4.01. The fourth-order valence-electron chi connectivity index (χ4n) is 0.183. The minimum Gasteiger partial charge on any atom is -0.662 e. The molecule has 38 valence electrons. The fraction of sp³-hybridized carbons (Fsp3) is 1.00. The minimum absolute atomic E-state index is 0.560.